The van der Waals surface area contributed by atoms with Crippen LogP contribution in [0.1, 0.15) is 39.8 Å². The molecule has 2 aromatic carbocycles. The monoisotopic (exact) mass is 490 g/mol. The van der Waals surface area contributed by atoms with Crippen molar-refractivity contribution in [2.45, 2.75) is 48.0 Å². The van der Waals surface area contributed by atoms with Crippen LogP contribution in [0.25, 0.3) is 22.5 Å². The van der Waals surface area contributed by atoms with Gasteiger partial charge in [0.15, 0.2) is 0 Å². The van der Waals surface area contributed by atoms with Gasteiger partial charge in [-0.2, -0.15) is 0 Å². The molecular formula is C33H38N4. The fraction of sp³-hybridized carbons (Fsp3) is 0.333. The van der Waals surface area contributed by atoms with Gasteiger partial charge in [0.05, 0.1) is 35.2 Å². The summed E-state index contributed by atoms with van der Waals surface area (Å²) >= 11 is 0. The molecule has 190 valence electrons. The number of aromatic nitrogens is 2. The second-order valence-electron chi connectivity index (χ2n) is 10.6. The van der Waals surface area contributed by atoms with E-state index < -0.39 is 0 Å². The lowest BCUT2D eigenvalue weighted by molar-refractivity contribution is 0.804. The second-order valence-corrected chi connectivity index (χ2v) is 10.6. The lowest BCUT2D eigenvalue weighted by Crippen LogP contribution is -2.30. The molecule has 4 nitrogen and oxygen atoms in total. The van der Waals surface area contributed by atoms with Gasteiger partial charge in [-0.05, 0) is 130 Å². The van der Waals surface area contributed by atoms with Crippen molar-refractivity contribution in [1.82, 2.24) is 9.97 Å². The molecule has 0 N–H and O–H groups in total. The molecule has 4 aromatic rings. The van der Waals surface area contributed by atoms with Crippen LogP contribution in [0.3, 0.4) is 0 Å². The van der Waals surface area contributed by atoms with E-state index in [4.69, 9.17) is 9.97 Å². The third kappa shape index (κ3) is 5.24. The Morgan fingerprint density at radius 1 is 0.514 bits per heavy atom. The molecule has 0 unspecified atom stereocenters. The molecule has 1 aliphatic rings. The number of benzene rings is 2. The lowest BCUT2D eigenvalue weighted by Gasteiger charge is -2.24. The normalized spacial score (nSPS) is 14.1. The summed E-state index contributed by atoms with van der Waals surface area (Å²) in [5, 5.41) is 0. The van der Waals surface area contributed by atoms with Crippen molar-refractivity contribution >= 4 is 11.4 Å². The summed E-state index contributed by atoms with van der Waals surface area (Å²) in [5.74, 6) is 0. The highest BCUT2D eigenvalue weighted by molar-refractivity contribution is 5.66. The summed E-state index contributed by atoms with van der Waals surface area (Å²) in [6.45, 7) is 17.1. The van der Waals surface area contributed by atoms with Crippen molar-refractivity contribution in [2.75, 3.05) is 36.0 Å². The zero-order valence-corrected chi connectivity index (χ0v) is 23.1. The average molecular weight is 491 g/mol. The van der Waals surface area contributed by atoms with E-state index in [0.717, 1.165) is 44.0 Å². The number of anilines is 2. The Labute approximate surface area is 222 Å². The second kappa shape index (κ2) is 10.4. The molecular weight excluding hydrogens is 452 g/mol. The quantitative estimate of drug-likeness (QED) is 0.299. The largest absolute Gasteiger partial charge is 0.368 e. The summed E-state index contributed by atoms with van der Waals surface area (Å²) in [6, 6.07) is 17.8. The van der Waals surface area contributed by atoms with Gasteiger partial charge >= 0.3 is 0 Å². The predicted octanol–water partition coefficient (Wildman–Crippen LogP) is 7.38. The van der Waals surface area contributed by atoms with Crippen LogP contribution in [0.4, 0.5) is 11.4 Å². The average Bonchev–Trinajstić information content (AvgIpc) is 3.16. The van der Waals surface area contributed by atoms with E-state index in [1.54, 1.807) is 0 Å². The summed E-state index contributed by atoms with van der Waals surface area (Å²) in [7, 11) is 0. The Bertz CT molecular complexity index is 1250. The predicted molar refractivity (Wildman–Crippen MR) is 157 cm³/mol. The van der Waals surface area contributed by atoms with E-state index >= 15 is 0 Å². The van der Waals surface area contributed by atoms with Crippen LogP contribution in [0.15, 0.2) is 60.9 Å². The Hall–Kier alpha value is -3.66. The molecule has 0 aliphatic carbocycles. The van der Waals surface area contributed by atoms with E-state index in [9.17, 15) is 0 Å². The summed E-state index contributed by atoms with van der Waals surface area (Å²) < 4.78 is 0. The van der Waals surface area contributed by atoms with Crippen LogP contribution in [0.5, 0.6) is 0 Å². The first kappa shape index (κ1) is 25.0. The fourth-order valence-electron chi connectivity index (χ4n) is 5.29. The lowest BCUT2D eigenvalue weighted by atomic mass is 9.99. The highest BCUT2D eigenvalue weighted by atomic mass is 15.2. The summed E-state index contributed by atoms with van der Waals surface area (Å²) in [6.07, 6.45) is 5.19. The first-order valence-electron chi connectivity index (χ1n) is 13.4. The van der Waals surface area contributed by atoms with Gasteiger partial charge in [0.25, 0.3) is 0 Å². The molecule has 0 spiro atoms. The third-order valence-corrected chi connectivity index (χ3v) is 8.17. The van der Waals surface area contributed by atoms with Gasteiger partial charge in [0.1, 0.15) is 0 Å². The molecule has 1 aliphatic heterocycles. The Balaban J connectivity index is 1.26. The van der Waals surface area contributed by atoms with Crippen molar-refractivity contribution in [1.29, 1.82) is 0 Å². The van der Waals surface area contributed by atoms with Crippen LogP contribution in [-0.2, 0) is 0 Å². The highest BCUT2D eigenvalue weighted by Gasteiger charge is 2.17. The Morgan fingerprint density at radius 3 is 1.22 bits per heavy atom. The Kier molecular flexibility index (Phi) is 7.01. The molecule has 0 bridgehead atoms. The molecule has 3 heterocycles. The molecule has 0 saturated carbocycles. The minimum Gasteiger partial charge on any atom is -0.368 e. The zero-order valence-electron chi connectivity index (χ0n) is 23.1. The van der Waals surface area contributed by atoms with Crippen LogP contribution >= 0.6 is 0 Å². The first-order chi connectivity index (χ1) is 17.8. The topological polar surface area (TPSA) is 32.3 Å². The minimum absolute atomic E-state index is 0.974. The minimum atomic E-state index is 0.974. The Morgan fingerprint density at radius 2 is 0.892 bits per heavy atom. The third-order valence-electron chi connectivity index (χ3n) is 8.17. The molecule has 2 aromatic heterocycles. The van der Waals surface area contributed by atoms with Crippen LogP contribution in [-0.4, -0.2) is 36.1 Å². The molecule has 1 fully saturated rings. The number of hydrogen-bond acceptors (Lipinski definition) is 4. The van der Waals surface area contributed by atoms with Gasteiger partial charge in [-0.1, -0.05) is 0 Å². The molecule has 0 atom stereocenters. The van der Waals surface area contributed by atoms with Gasteiger partial charge in [-0.25, -0.2) is 0 Å². The molecule has 0 radical (unpaired) electrons. The molecule has 5 rings (SSSR count). The molecule has 37 heavy (non-hydrogen) atoms. The maximum atomic E-state index is 4.83. The zero-order chi connectivity index (χ0) is 26.1. The summed E-state index contributed by atoms with van der Waals surface area (Å²) in [5.41, 5.74) is 14.9. The van der Waals surface area contributed by atoms with Crippen molar-refractivity contribution in [3.8, 4) is 22.5 Å². The van der Waals surface area contributed by atoms with E-state index in [1.807, 2.05) is 12.4 Å². The van der Waals surface area contributed by atoms with E-state index in [2.05, 4.69) is 99.9 Å². The van der Waals surface area contributed by atoms with Crippen molar-refractivity contribution in [2.24, 2.45) is 0 Å². The molecule has 4 heteroatoms. The fourth-order valence-corrected chi connectivity index (χ4v) is 5.29. The SMILES string of the molecule is Cc1cc(-c2ccc(N3CCCN(c4ccc(-c5cc(C)c(C)c(C)c5)nc4)CC3)cn2)cc(C)c1C. The van der Waals surface area contributed by atoms with Crippen LogP contribution in [0, 0.1) is 41.5 Å². The van der Waals surface area contributed by atoms with Crippen LogP contribution in [0.2, 0.25) is 0 Å². The highest BCUT2D eigenvalue weighted by Crippen LogP contribution is 2.28. The maximum Gasteiger partial charge on any atom is 0.0703 e. The van der Waals surface area contributed by atoms with Gasteiger partial charge in [-0.15, -0.1) is 0 Å². The van der Waals surface area contributed by atoms with E-state index in [0.29, 0.717) is 0 Å². The smallest absolute Gasteiger partial charge is 0.0703 e. The van der Waals surface area contributed by atoms with Gasteiger partial charge < -0.3 is 9.80 Å². The van der Waals surface area contributed by atoms with Crippen LogP contribution < -0.4 is 9.80 Å². The number of hydrogen-bond donors (Lipinski definition) is 0. The number of aryl methyl sites for hydroxylation is 4. The first-order valence-corrected chi connectivity index (χ1v) is 13.4. The number of rotatable bonds is 4. The van der Waals surface area contributed by atoms with Crippen molar-refractivity contribution in [3.05, 3.63) is 94.3 Å². The summed E-state index contributed by atoms with van der Waals surface area (Å²) in [4.78, 5) is 14.6. The number of pyridine rings is 2. The molecule has 1 saturated heterocycles. The van der Waals surface area contributed by atoms with Gasteiger partial charge in [-0.3, -0.25) is 9.97 Å². The molecule has 0 amide bonds. The van der Waals surface area contributed by atoms with Gasteiger partial charge in [0.2, 0.25) is 0 Å². The number of nitrogens with zero attached hydrogens (tertiary/aromatic N) is 4. The standard InChI is InChI=1S/C33H38N4/c1-22-16-28(17-23(2)26(22)5)32-10-8-30(20-34-32)36-12-7-13-37(15-14-36)31-9-11-33(35-21-31)29-18-24(3)27(6)25(4)19-29/h8-11,16-21H,7,12-15H2,1-6H3. The maximum absolute atomic E-state index is 4.83. The van der Waals surface area contributed by atoms with Crippen molar-refractivity contribution < 1.29 is 0 Å². The van der Waals surface area contributed by atoms with Crippen molar-refractivity contribution in [3.63, 3.8) is 0 Å². The van der Waals surface area contributed by atoms with E-state index in [1.165, 1.54) is 55.9 Å². The van der Waals surface area contributed by atoms with Gasteiger partial charge in [0, 0.05) is 37.3 Å². The van der Waals surface area contributed by atoms with E-state index in [-0.39, 0.29) is 0 Å².